The minimum absolute atomic E-state index is 0.457. The van der Waals surface area contributed by atoms with Crippen LogP contribution in [0.1, 0.15) is 54.9 Å². The molecule has 0 aromatic heterocycles. The number of rotatable bonds is 11. The van der Waals surface area contributed by atoms with Crippen molar-refractivity contribution in [3.63, 3.8) is 0 Å². The van der Waals surface area contributed by atoms with Crippen molar-refractivity contribution in [1.82, 2.24) is 0 Å². The molecule has 0 aliphatic heterocycles. The third-order valence-electron chi connectivity index (χ3n) is 4.83. The Balaban J connectivity index is 1.86. The van der Waals surface area contributed by atoms with E-state index < -0.39 is 0 Å². The second kappa shape index (κ2) is 11.9. The van der Waals surface area contributed by atoms with Gasteiger partial charge < -0.3 is 14.3 Å². The maximum absolute atomic E-state index is 6.10. The topological polar surface area (TPSA) is 40.0 Å². The molecule has 4 nitrogen and oxygen atoms in total. The van der Waals surface area contributed by atoms with Gasteiger partial charge in [-0.3, -0.25) is 0 Å². The fourth-order valence-corrected chi connectivity index (χ4v) is 3.25. The first-order chi connectivity index (χ1) is 14.0. The lowest BCUT2D eigenvalue weighted by molar-refractivity contribution is 0.215. The molecule has 2 rings (SSSR count). The van der Waals surface area contributed by atoms with E-state index in [4.69, 9.17) is 14.3 Å². The van der Waals surface area contributed by atoms with Crippen LogP contribution in [-0.2, 0) is 4.84 Å². The van der Waals surface area contributed by atoms with E-state index in [1.54, 1.807) is 13.3 Å². The number of hydrogen-bond donors (Lipinski definition) is 0. The molecule has 0 N–H and O–H groups in total. The molecular weight excluding hydrogens is 362 g/mol. The summed E-state index contributed by atoms with van der Waals surface area (Å²) in [5.74, 6) is 2.31. The van der Waals surface area contributed by atoms with Crippen molar-refractivity contribution >= 4 is 6.21 Å². The Morgan fingerprint density at radius 3 is 2.52 bits per heavy atom. The number of ether oxygens (including phenoxy) is 2. The summed E-state index contributed by atoms with van der Waals surface area (Å²) in [6.07, 6.45) is 7.78. The van der Waals surface area contributed by atoms with E-state index >= 15 is 0 Å². The van der Waals surface area contributed by atoms with Gasteiger partial charge in [-0.2, -0.15) is 0 Å². The first kappa shape index (κ1) is 22.5. The van der Waals surface area contributed by atoms with Crippen LogP contribution >= 0.6 is 0 Å². The second-order valence-corrected chi connectivity index (χ2v) is 7.25. The summed E-state index contributed by atoms with van der Waals surface area (Å²) in [5.41, 5.74) is 4.58. The molecule has 0 aliphatic carbocycles. The SMILES string of the molecule is C/C=C/COc1cc(C)c(OCCCC(C)c2cccc(/C=N/OC)c2)c(C)c1. The van der Waals surface area contributed by atoms with Gasteiger partial charge in [-0.1, -0.05) is 42.4 Å². The molecule has 2 aromatic carbocycles. The first-order valence-corrected chi connectivity index (χ1v) is 10.2. The third kappa shape index (κ3) is 7.30. The molecule has 0 fully saturated rings. The molecule has 0 radical (unpaired) electrons. The molecule has 0 aliphatic rings. The van der Waals surface area contributed by atoms with Crippen LogP contribution in [0.15, 0.2) is 53.7 Å². The van der Waals surface area contributed by atoms with Gasteiger partial charge in [0.25, 0.3) is 0 Å². The highest BCUT2D eigenvalue weighted by Crippen LogP contribution is 2.29. The third-order valence-corrected chi connectivity index (χ3v) is 4.83. The van der Waals surface area contributed by atoms with Crippen molar-refractivity contribution in [2.45, 2.75) is 46.5 Å². The maximum Gasteiger partial charge on any atom is 0.125 e. The second-order valence-electron chi connectivity index (χ2n) is 7.25. The van der Waals surface area contributed by atoms with E-state index in [0.29, 0.717) is 19.1 Å². The molecule has 0 amide bonds. The molecular formula is C25H33NO3. The Morgan fingerprint density at radius 1 is 1.07 bits per heavy atom. The molecule has 0 spiro atoms. The van der Waals surface area contributed by atoms with E-state index in [1.165, 1.54) is 5.56 Å². The van der Waals surface area contributed by atoms with Crippen molar-refractivity contribution in [1.29, 1.82) is 0 Å². The van der Waals surface area contributed by atoms with Gasteiger partial charge in [-0.05, 0) is 80.0 Å². The van der Waals surface area contributed by atoms with Gasteiger partial charge in [-0.25, -0.2) is 0 Å². The van der Waals surface area contributed by atoms with Crippen molar-refractivity contribution in [3.8, 4) is 11.5 Å². The van der Waals surface area contributed by atoms with Crippen LogP contribution in [0.3, 0.4) is 0 Å². The lowest BCUT2D eigenvalue weighted by atomic mass is 9.95. The zero-order valence-electron chi connectivity index (χ0n) is 18.3. The van der Waals surface area contributed by atoms with Crippen LogP contribution in [-0.4, -0.2) is 26.5 Å². The van der Waals surface area contributed by atoms with Gasteiger partial charge in [0.2, 0.25) is 0 Å². The van der Waals surface area contributed by atoms with Crippen LogP contribution < -0.4 is 9.47 Å². The molecule has 4 heteroatoms. The minimum Gasteiger partial charge on any atom is -0.493 e. The van der Waals surface area contributed by atoms with E-state index in [1.807, 2.05) is 37.3 Å². The zero-order chi connectivity index (χ0) is 21.1. The number of nitrogens with zero attached hydrogens (tertiary/aromatic N) is 1. The first-order valence-electron chi connectivity index (χ1n) is 10.2. The fraction of sp³-hybridized carbons (Fsp3) is 0.400. The maximum atomic E-state index is 6.10. The average molecular weight is 396 g/mol. The van der Waals surface area contributed by atoms with Crippen LogP contribution in [0.5, 0.6) is 11.5 Å². The van der Waals surface area contributed by atoms with Crippen molar-refractivity contribution in [2.24, 2.45) is 5.16 Å². The lowest BCUT2D eigenvalue weighted by Crippen LogP contribution is -2.04. The predicted molar refractivity (Wildman–Crippen MR) is 120 cm³/mol. The van der Waals surface area contributed by atoms with Crippen molar-refractivity contribution in [3.05, 3.63) is 70.8 Å². The summed E-state index contributed by atoms with van der Waals surface area (Å²) in [7, 11) is 1.55. The normalized spacial score (nSPS) is 12.4. The Labute approximate surface area is 175 Å². The highest BCUT2D eigenvalue weighted by atomic mass is 16.6. The van der Waals surface area contributed by atoms with E-state index in [-0.39, 0.29) is 0 Å². The molecule has 156 valence electrons. The van der Waals surface area contributed by atoms with Gasteiger partial charge >= 0.3 is 0 Å². The Morgan fingerprint density at radius 2 is 1.83 bits per heavy atom. The van der Waals surface area contributed by atoms with Gasteiger partial charge in [0.05, 0.1) is 12.8 Å². The highest BCUT2D eigenvalue weighted by Gasteiger charge is 2.09. The molecule has 0 bridgehead atoms. The van der Waals surface area contributed by atoms with Crippen molar-refractivity contribution < 1.29 is 14.3 Å². The molecule has 0 saturated heterocycles. The molecule has 0 heterocycles. The molecule has 0 saturated carbocycles. The lowest BCUT2D eigenvalue weighted by Gasteiger charge is -2.16. The summed E-state index contributed by atoms with van der Waals surface area (Å²) < 4.78 is 11.8. The number of oxime groups is 1. The Bertz CT molecular complexity index is 804. The van der Waals surface area contributed by atoms with Gasteiger partial charge in [0.1, 0.15) is 25.2 Å². The van der Waals surface area contributed by atoms with Gasteiger partial charge in [0.15, 0.2) is 0 Å². The van der Waals surface area contributed by atoms with Gasteiger partial charge in [-0.15, -0.1) is 0 Å². The van der Waals surface area contributed by atoms with Crippen LogP contribution in [0.25, 0.3) is 0 Å². The van der Waals surface area contributed by atoms with Crippen LogP contribution in [0, 0.1) is 13.8 Å². The van der Waals surface area contributed by atoms with Gasteiger partial charge in [0, 0.05) is 0 Å². The van der Waals surface area contributed by atoms with E-state index in [2.05, 4.69) is 44.1 Å². The monoisotopic (exact) mass is 395 g/mol. The summed E-state index contributed by atoms with van der Waals surface area (Å²) >= 11 is 0. The predicted octanol–water partition coefficient (Wildman–Crippen LogP) is 6.20. The average Bonchev–Trinajstić information content (AvgIpc) is 2.71. The zero-order valence-corrected chi connectivity index (χ0v) is 18.3. The summed E-state index contributed by atoms with van der Waals surface area (Å²) in [4.78, 5) is 4.76. The molecule has 1 unspecified atom stereocenters. The number of benzene rings is 2. The Hall–Kier alpha value is -2.75. The number of allylic oxidation sites excluding steroid dienone is 1. The largest absolute Gasteiger partial charge is 0.493 e. The number of hydrogen-bond acceptors (Lipinski definition) is 4. The van der Waals surface area contributed by atoms with Crippen LogP contribution in [0.2, 0.25) is 0 Å². The smallest absolute Gasteiger partial charge is 0.125 e. The fourth-order valence-electron chi connectivity index (χ4n) is 3.25. The standard InChI is InChI=1S/C25H33NO3/c1-6-7-13-28-24-15-20(3)25(21(4)16-24)29-14-9-10-19(2)23-12-8-11-22(17-23)18-26-27-5/h6-8,11-12,15-19H,9-10,13-14H2,1-5H3/b7-6+,26-18+. The number of aryl methyl sites for hydroxylation is 2. The Kier molecular flexibility index (Phi) is 9.29. The summed E-state index contributed by atoms with van der Waals surface area (Å²) in [6, 6.07) is 12.5. The van der Waals surface area contributed by atoms with Crippen LogP contribution in [0.4, 0.5) is 0 Å². The summed E-state index contributed by atoms with van der Waals surface area (Å²) in [6.45, 7) is 9.67. The van der Waals surface area contributed by atoms with E-state index in [0.717, 1.165) is 41.0 Å². The quantitative estimate of drug-likeness (QED) is 0.197. The molecule has 2 aromatic rings. The molecule has 1 atom stereocenters. The van der Waals surface area contributed by atoms with Crippen molar-refractivity contribution in [2.75, 3.05) is 20.3 Å². The summed E-state index contributed by atoms with van der Waals surface area (Å²) in [5, 5.41) is 3.84. The van der Waals surface area contributed by atoms with E-state index in [9.17, 15) is 0 Å². The highest BCUT2D eigenvalue weighted by molar-refractivity contribution is 5.79. The molecule has 29 heavy (non-hydrogen) atoms. The minimum atomic E-state index is 0.457.